The van der Waals surface area contributed by atoms with E-state index < -0.39 is 0 Å². The van der Waals surface area contributed by atoms with Crippen LogP contribution in [0.1, 0.15) is 30.1 Å². The smallest absolute Gasteiger partial charge is 0.251 e. The number of nitrogens with one attached hydrogen (secondary N) is 1. The lowest BCUT2D eigenvalue weighted by Crippen LogP contribution is -2.62. The molecule has 4 aliphatic rings. The van der Waals surface area contributed by atoms with Crippen LogP contribution in [0.15, 0.2) is 42.6 Å². The van der Waals surface area contributed by atoms with Crippen molar-refractivity contribution >= 4 is 11.6 Å². The average molecular weight is 423 g/mol. The Morgan fingerprint density at radius 2 is 1.84 bits per heavy atom. The maximum atomic E-state index is 12.8. The van der Waals surface area contributed by atoms with Gasteiger partial charge in [0.2, 0.25) is 5.88 Å². The van der Waals surface area contributed by atoms with Gasteiger partial charge in [0.1, 0.15) is 5.75 Å². The second-order valence-corrected chi connectivity index (χ2v) is 8.69. The fourth-order valence-corrected chi connectivity index (χ4v) is 5.05. The van der Waals surface area contributed by atoms with E-state index in [4.69, 9.17) is 9.47 Å². The Morgan fingerprint density at radius 1 is 1.10 bits per heavy atom. The summed E-state index contributed by atoms with van der Waals surface area (Å²) >= 11 is 0. The van der Waals surface area contributed by atoms with Crippen LogP contribution in [0.2, 0.25) is 0 Å². The molecule has 0 saturated carbocycles. The Morgan fingerprint density at radius 3 is 2.55 bits per heavy atom. The van der Waals surface area contributed by atoms with E-state index in [1.165, 1.54) is 12.8 Å². The zero-order valence-corrected chi connectivity index (χ0v) is 18.0. The molecule has 6 rings (SSSR count). The van der Waals surface area contributed by atoms with E-state index in [9.17, 15) is 4.79 Å². The maximum Gasteiger partial charge on any atom is 0.251 e. The normalized spacial score (nSPS) is 27.7. The lowest BCUT2D eigenvalue weighted by molar-refractivity contribution is 0.0217. The van der Waals surface area contributed by atoms with Crippen molar-refractivity contribution in [3.8, 4) is 11.6 Å². The van der Waals surface area contributed by atoms with E-state index in [1.807, 2.05) is 36.4 Å². The number of anilines is 1. The Hall–Kier alpha value is -2.64. The summed E-state index contributed by atoms with van der Waals surface area (Å²) < 4.78 is 11.4. The van der Waals surface area contributed by atoms with Crippen LogP contribution in [0.4, 0.5) is 5.69 Å². The molecule has 0 radical (unpaired) electrons. The molecule has 2 unspecified atom stereocenters. The first-order valence-electron chi connectivity index (χ1n) is 11.3. The maximum absolute atomic E-state index is 12.8. The molecule has 4 aliphatic heterocycles. The topological polar surface area (TPSA) is 66.9 Å². The van der Waals surface area contributed by atoms with E-state index in [2.05, 4.69) is 27.0 Å². The highest BCUT2D eigenvalue weighted by Gasteiger charge is 2.40. The van der Waals surface area contributed by atoms with Gasteiger partial charge in [0.15, 0.2) is 0 Å². The van der Waals surface area contributed by atoms with Crippen molar-refractivity contribution in [3.05, 3.63) is 48.2 Å². The van der Waals surface area contributed by atoms with Crippen LogP contribution in [0.3, 0.4) is 0 Å². The lowest BCUT2D eigenvalue weighted by atomic mass is 9.79. The van der Waals surface area contributed by atoms with Crippen LogP contribution < -0.4 is 15.0 Å². The summed E-state index contributed by atoms with van der Waals surface area (Å²) in [6.07, 6.45) is 4.12. The SMILES string of the molecule is CC1C(NC(=O)c2ccc(Oc3cc(N4CCOCC4)ccn3)cc2)C2CCN1CC2. The number of morpholine rings is 1. The molecule has 1 aromatic heterocycles. The van der Waals surface area contributed by atoms with Gasteiger partial charge in [-0.1, -0.05) is 0 Å². The first-order valence-corrected chi connectivity index (χ1v) is 11.3. The molecule has 4 fully saturated rings. The second-order valence-electron chi connectivity index (χ2n) is 8.69. The number of pyridine rings is 1. The first-order chi connectivity index (χ1) is 15.2. The Balaban J connectivity index is 1.22. The second kappa shape index (κ2) is 8.85. The summed E-state index contributed by atoms with van der Waals surface area (Å²) in [7, 11) is 0. The summed E-state index contributed by atoms with van der Waals surface area (Å²) in [5, 5.41) is 3.28. The number of hydrogen-bond acceptors (Lipinski definition) is 6. The third kappa shape index (κ3) is 4.38. The van der Waals surface area contributed by atoms with Crippen molar-refractivity contribution < 1.29 is 14.3 Å². The number of carbonyl (C=O) groups is 1. The van der Waals surface area contributed by atoms with Gasteiger partial charge in [-0.2, -0.15) is 0 Å². The van der Waals surface area contributed by atoms with Crippen molar-refractivity contribution in [2.24, 2.45) is 5.92 Å². The van der Waals surface area contributed by atoms with Gasteiger partial charge in [-0.25, -0.2) is 4.98 Å². The summed E-state index contributed by atoms with van der Waals surface area (Å²) in [5.41, 5.74) is 1.74. The minimum absolute atomic E-state index is 0.00964. The molecule has 2 bridgehead atoms. The predicted octanol–water partition coefficient (Wildman–Crippen LogP) is 2.92. The highest BCUT2D eigenvalue weighted by Crippen LogP contribution is 2.32. The number of nitrogens with zero attached hydrogens (tertiary/aromatic N) is 3. The van der Waals surface area contributed by atoms with E-state index in [0.29, 0.717) is 29.2 Å². The minimum Gasteiger partial charge on any atom is -0.439 e. The predicted molar refractivity (Wildman–Crippen MR) is 119 cm³/mol. The number of benzene rings is 1. The van der Waals surface area contributed by atoms with Gasteiger partial charge in [0.25, 0.3) is 5.91 Å². The fraction of sp³-hybridized carbons (Fsp3) is 0.500. The molecule has 2 atom stereocenters. The Bertz CT molecular complexity index is 903. The number of carbonyl (C=O) groups excluding carboxylic acids is 1. The molecule has 2 aromatic rings. The number of ether oxygens (including phenoxy) is 2. The lowest BCUT2D eigenvalue weighted by Gasteiger charge is -2.49. The minimum atomic E-state index is -0.00964. The van der Waals surface area contributed by atoms with E-state index >= 15 is 0 Å². The van der Waals surface area contributed by atoms with Crippen LogP contribution in [0.5, 0.6) is 11.6 Å². The molecule has 0 aliphatic carbocycles. The van der Waals surface area contributed by atoms with Gasteiger partial charge >= 0.3 is 0 Å². The number of rotatable bonds is 5. The number of hydrogen-bond donors (Lipinski definition) is 1. The standard InChI is InChI=1S/C24H30N4O3/c1-17-23(18-7-10-27(17)11-8-18)26-24(29)19-2-4-21(5-3-19)31-22-16-20(6-9-25-22)28-12-14-30-15-13-28/h2-6,9,16-18,23H,7-8,10-15H2,1H3,(H,26,29). The summed E-state index contributed by atoms with van der Waals surface area (Å²) in [5.74, 6) is 1.79. The summed E-state index contributed by atoms with van der Waals surface area (Å²) in [6, 6.07) is 11.9. The van der Waals surface area contributed by atoms with E-state index in [0.717, 1.165) is 45.1 Å². The van der Waals surface area contributed by atoms with Gasteiger partial charge in [0, 0.05) is 48.7 Å². The number of fused-ring (bicyclic) bond motifs is 3. The van der Waals surface area contributed by atoms with Gasteiger partial charge in [0.05, 0.1) is 13.2 Å². The van der Waals surface area contributed by atoms with Crippen molar-refractivity contribution in [2.75, 3.05) is 44.3 Å². The van der Waals surface area contributed by atoms with Gasteiger partial charge in [-0.05, 0) is 69.1 Å². The van der Waals surface area contributed by atoms with E-state index in [1.54, 1.807) is 6.20 Å². The quantitative estimate of drug-likeness (QED) is 0.799. The van der Waals surface area contributed by atoms with E-state index in [-0.39, 0.29) is 11.9 Å². The molecule has 1 N–H and O–H groups in total. The molecule has 5 heterocycles. The Labute approximate surface area is 183 Å². The monoisotopic (exact) mass is 422 g/mol. The third-order valence-corrected chi connectivity index (χ3v) is 6.91. The number of piperidine rings is 3. The number of aromatic nitrogens is 1. The number of amides is 1. The molecule has 4 saturated heterocycles. The van der Waals surface area contributed by atoms with Crippen LogP contribution in [-0.2, 0) is 4.74 Å². The van der Waals surface area contributed by atoms with Gasteiger partial charge in [-0.3, -0.25) is 9.69 Å². The van der Waals surface area contributed by atoms with Crippen molar-refractivity contribution in [2.45, 2.75) is 31.8 Å². The molecule has 31 heavy (non-hydrogen) atoms. The zero-order chi connectivity index (χ0) is 21.2. The first kappa shape index (κ1) is 20.3. The summed E-state index contributed by atoms with van der Waals surface area (Å²) in [6.45, 7) is 7.75. The van der Waals surface area contributed by atoms with Crippen molar-refractivity contribution in [1.82, 2.24) is 15.2 Å². The van der Waals surface area contributed by atoms with Crippen LogP contribution in [0.25, 0.3) is 0 Å². The molecule has 164 valence electrons. The molecule has 1 aromatic carbocycles. The molecule has 0 spiro atoms. The molecular formula is C24H30N4O3. The highest BCUT2D eigenvalue weighted by atomic mass is 16.5. The highest BCUT2D eigenvalue weighted by molar-refractivity contribution is 5.94. The largest absolute Gasteiger partial charge is 0.439 e. The Kier molecular flexibility index (Phi) is 5.78. The van der Waals surface area contributed by atoms with Gasteiger partial charge < -0.3 is 19.7 Å². The van der Waals surface area contributed by atoms with Crippen LogP contribution >= 0.6 is 0 Å². The molecule has 1 amide bonds. The van der Waals surface area contributed by atoms with Crippen molar-refractivity contribution in [3.63, 3.8) is 0 Å². The zero-order valence-electron chi connectivity index (χ0n) is 18.0. The molecular weight excluding hydrogens is 392 g/mol. The third-order valence-electron chi connectivity index (χ3n) is 6.91. The molecule has 7 nitrogen and oxygen atoms in total. The van der Waals surface area contributed by atoms with Gasteiger partial charge in [-0.15, -0.1) is 0 Å². The van der Waals surface area contributed by atoms with Crippen molar-refractivity contribution in [1.29, 1.82) is 0 Å². The van der Waals surface area contributed by atoms with Crippen LogP contribution in [0, 0.1) is 5.92 Å². The average Bonchev–Trinajstić information content (AvgIpc) is 2.83. The molecule has 7 heteroatoms. The fourth-order valence-electron chi connectivity index (χ4n) is 5.05. The summed E-state index contributed by atoms with van der Waals surface area (Å²) in [4.78, 5) is 21.9. The van der Waals surface area contributed by atoms with Crippen LogP contribution in [-0.4, -0.2) is 67.3 Å².